The van der Waals surface area contributed by atoms with Gasteiger partial charge in [-0.3, -0.25) is 9.48 Å². The zero-order chi connectivity index (χ0) is 14.6. The van der Waals surface area contributed by atoms with E-state index < -0.39 is 0 Å². The lowest BCUT2D eigenvalue weighted by Gasteiger charge is -2.23. The molecule has 0 saturated heterocycles. The lowest BCUT2D eigenvalue weighted by Crippen LogP contribution is -2.33. The molecule has 0 aliphatic rings. The summed E-state index contributed by atoms with van der Waals surface area (Å²) in [6.45, 7) is 9.83. The Labute approximate surface area is 128 Å². The van der Waals surface area contributed by atoms with Crippen LogP contribution >= 0.6 is 12.4 Å². The molecule has 0 spiro atoms. The Balaban J connectivity index is 0.00000361. The highest BCUT2D eigenvalue weighted by Gasteiger charge is 2.24. The number of halogens is 1. The van der Waals surface area contributed by atoms with Gasteiger partial charge in [-0.1, -0.05) is 6.92 Å². The summed E-state index contributed by atoms with van der Waals surface area (Å²) in [6, 6.07) is 0. The number of nitrogens with one attached hydrogen (secondary N) is 1. The van der Waals surface area contributed by atoms with Crippen molar-refractivity contribution in [3.8, 4) is 0 Å². The van der Waals surface area contributed by atoms with E-state index in [4.69, 9.17) is 0 Å². The van der Waals surface area contributed by atoms with Gasteiger partial charge in [0.15, 0.2) is 0 Å². The second-order valence-electron chi connectivity index (χ2n) is 5.77. The molecule has 0 aromatic carbocycles. The van der Waals surface area contributed by atoms with Crippen LogP contribution in [0.15, 0.2) is 6.20 Å². The highest BCUT2D eigenvalue weighted by Crippen LogP contribution is 2.20. The Morgan fingerprint density at radius 2 is 2.05 bits per heavy atom. The first-order valence-electron chi connectivity index (χ1n) is 6.80. The molecule has 0 fully saturated rings. The molecule has 1 aromatic rings. The number of nitrogens with zero attached hydrogens (tertiary/aromatic N) is 3. The predicted octanol–water partition coefficient (Wildman–Crippen LogP) is 1.91. The number of amides is 1. The molecule has 0 radical (unpaired) electrons. The number of likely N-dealkylation sites (N-methyl/N-ethyl adjacent to an activating group) is 2. The molecule has 0 atom stereocenters. The van der Waals surface area contributed by atoms with Crippen LogP contribution in [0.2, 0.25) is 0 Å². The van der Waals surface area contributed by atoms with Crippen molar-refractivity contribution in [2.45, 2.75) is 39.7 Å². The quantitative estimate of drug-likeness (QED) is 0.904. The predicted molar refractivity (Wildman–Crippen MR) is 84.7 cm³/mol. The SMILES string of the molecule is CCc1c(C(=O)N(C)CCNC)cnn1C(C)(C)C.Cl. The van der Waals surface area contributed by atoms with Crippen molar-refractivity contribution in [2.24, 2.45) is 0 Å². The van der Waals surface area contributed by atoms with Crippen LogP contribution in [0.3, 0.4) is 0 Å². The minimum absolute atomic E-state index is 0. The van der Waals surface area contributed by atoms with Crippen molar-refractivity contribution in [1.29, 1.82) is 0 Å². The second kappa shape index (κ2) is 7.64. The van der Waals surface area contributed by atoms with Crippen molar-refractivity contribution in [2.75, 3.05) is 27.2 Å². The van der Waals surface area contributed by atoms with E-state index in [2.05, 4.69) is 38.1 Å². The van der Waals surface area contributed by atoms with Crippen LogP contribution in [-0.2, 0) is 12.0 Å². The standard InChI is InChI=1S/C14H26N4O.ClH/c1-7-12-11(10-16-18(12)14(2,3)4)13(19)17(6)9-8-15-5;/h10,15H,7-9H2,1-6H3;1H. The summed E-state index contributed by atoms with van der Waals surface area (Å²) in [5.74, 6) is 0.0441. The zero-order valence-corrected chi connectivity index (χ0v) is 14.2. The molecule has 1 rings (SSSR count). The Morgan fingerprint density at radius 3 is 2.50 bits per heavy atom. The van der Waals surface area contributed by atoms with Crippen LogP contribution in [0.4, 0.5) is 0 Å². The lowest BCUT2D eigenvalue weighted by molar-refractivity contribution is 0.0795. The van der Waals surface area contributed by atoms with Gasteiger partial charge in [-0.05, 0) is 34.2 Å². The smallest absolute Gasteiger partial charge is 0.257 e. The van der Waals surface area contributed by atoms with Gasteiger partial charge in [0.25, 0.3) is 5.91 Å². The third-order valence-corrected chi connectivity index (χ3v) is 3.11. The molecule has 116 valence electrons. The molecular weight excluding hydrogens is 276 g/mol. The fourth-order valence-corrected chi connectivity index (χ4v) is 2.06. The van der Waals surface area contributed by atoms with Crippen molar-refractivity contribution in [1.82, 2.24) is 20.0 Å². The number of rotatable bonds is 5. The zero-order valence-electron chi connectivity index (χ0n) is 13.4. The van der Waals surface area contributed by atoms with Crippen LogP contribution in [-0.4, -0.2) is 47.8 Å². The van der Waals surface area contributed by atoms with Crippen LogP contribution in [0.25, 0.3) is 0 Å². The molecule has 0 saturated carbocycles. The highest BCUT2D eigenvalue weighted by atomic mass is 35.5. The number of hydrogen-bond donors (Lipinski definition) is 1. The average Bonchev–Trinajstić information content (AvgIpc) is 2.78. The number of carbonyl (C=O) groups is 1. The van der Waals surface area contributed by atoms with Gasteiger partial charge in [0.1, 0.15) is 0 Å². The van der Waals surface area contributed by atoms with E-state index in [1.54, 1.807) is 11.1 Å². The molecule has 6 heteroatoms. The molecule has 0 aliphatic heterocycles. The Kier molecular flexibility index (Phi) is 7.23. The molecule has 1 aromatic heterocycles. The molecule has 20 heavy (non-hydrogen) atoms. The summed E-state index contributed by atoms with van der Waals surface area (Å²) >= 11 is 0. The van der Waals surface area contributed by atoms with Gasteiger partial charge in [-0.25, -0.2) is 0 Å². The van der Waals surface area contributed by atoms with E-state index >= 15 is 0 Å². The van der Waals surface area contributed by atoms with Crippen molar-refractivity contribution < 1.29 is 4.79 Å². The van der Waals surface area contributed by atoms with Gasteiger partial charge < -0.3 is 10.2 Å². The lowest BCUT2D eigenvalue weighted by atomic mass is 10.1. The van der Waals surface area contributed by atoms with Crippen LogP contribution in [0, 0.1) is 0 Å². The summed E-state index contributed by atoms with van der Waals surface area (Å²) in [7, 11) is 3.71. The van der Waals surface area contributed by atoms with Gasteiger partial charge in [0, 0.05) is 20.1 Å². The maximum Gasteiger partial charge on any atom is 0.257 e. The van der Waals surface area contributed by atoms with Crippen LogP contribution < -0.4 is 5.32 Å². The molecular formula is C14H27ClN4O. The minimum atomic E-state index is -0.104. The number of carbonyl (C=O) groups excluding carboxylic acids is 1. The number of aromatic nitrogens is 2. The van der Waals surface area contributed by atoms with Gasteiger partial charge in [-0.2, -0.15) is 5.10 Å². The molecule has 5 nitrogen and oxygen atoms in total. The fraction of sp³-hybridized carbons (Fsp3) is 0.714. The Morgan fingerprint density at radius 1 is 1.45 bits per heavy atom. The summed E-state index contributed by atoms with van der Waals surface area (Å²) in [5, 5.41) is 7.44. The average molecular weight is 303 g/mol. The summed E-state index contributed by atoms with van der Waals surface area (Å²) in [6.07, 6.45) is 2.50. The molecule has 1 heterocycles. The van der Waals surface area contributed by atoms with E-state index in [1.807, 2.05) is 18.8 Å². The fourth-order valence-electron chi connectivity index (χ4n) is 2.06. The van der Waals surface area contributed by atoms with Gasteiger partial charge in [-0.15, -0.1) is 12.4 Å². The molecule has 0 aliphatic carbocycles. The molecule has 0 bridgehead atoms. The molecule has 1 amide bonds. The maximum atomic E-state index is 12.4. The van der Waals surface area contributed by atoms with Gasteiger partial charge >= 0.3 is 0 Å². The van der Waals surface area contributed by atoms with Crippen molar-refractivity contribution in [3.05, 3.63) is 17.5 Å². The Hall–Kier alpha value is -1.07. The van der Waals surface area contributed by atoms with E-state index in [0.29, 0.717) is 6.54 Å². The second-order valence-corrected chi connectivity index (χ2v) is 5.77. The first-order valence-corrected chi connectivity index (χ1v) is 6.80. The van der Waals surface area contributed by atoms with Crippen LogP contribution in [0.1, 0.15) is 43.7 Å². The van der Waals surface area contributed by atoms with E-state index in [1.165, 1.54) is 0 Å². The largest absolute Gasteiger partial charge is 0.340 e. The topological polar surface area (TPSA) is 50.2 Å². The van der Waals surface area contributed by atoms with E-state index in [-0.39, 0.29) is 23.9 Å². The van der Waals surface area contributed by atoms with Gasteiger partial charge in [0.05, 0.1) is 23.0 Å². The first-order chi connectivity index (χ1) is 8.82. The Bertz CT molecular complexity index is 437. The highest BCUT2D eigenvalue weighted by molar-refractivity contribution is 5.95. The van der Waals surface area contributed by atoms with Gasteiger partial charge in [0.2, 0.25) is 0 Å². The minimum Gasteiger partial charge on any atom is -0.340 e. The third-order valence-electron chi connectivity index (χ3n) is 3.11. The normalized spacial score (nSPS) is 11.1. The summed E-state index contributed by atoms with van der Waals surface area (Å²) in [4.78, 5) is 14.2. The monoisotopic (exact) mass is 302 g/mol. The summed E-state index contributed by atoms with van der Waals surface area (Å²) in [5.41, 5.74) is 1.62. The van der Waals surface area contributed by atoms with Crippen molar-refractivity contribution >= 4 is 18.3 Å². The van der Waals surface area contributed by atoms with E-state index in [9.17, 15) is 4.79 Å². The number of hydrogen-bond acceptors (Lipinski definition) is 3. The molecule has 0 unspecified atom stereocenters. The van der Waals surface area contributed by atoms with Crippen molar-refractivity contribution in [3.63, 3.8) is 0 Å². The summed E-state index contributed by atoms with van der Waals surface area (Å²) < 4.78 is 1.95. The first kappa shape index (κ1) is 18.9. The third kappa shape index (κ3) is 4.21. The maximum absolute atomic E-state index is 12.4. The van der Waals surface area contributed by atoms with E-state index in [0.717, 1.165) is 24.2 Å². The molecule has 1 N–H and O–H groups in total. The van der Waals surface area contributed by atoms with Crippen LogP contribution in [0.5, 0.6) is 0 Å².